The number of anilines is 4. The molecule has 3 N–H and O–H groups in total. The van der Waals surface area contributed by atoms with Crippen LogP contribution in [0.4, 0.5) is 23.1 Å². The summed E-state index contributed by atoms with van der Waals surface area (Å²) in [6.07, 6.45) is 5.26. The number of hydrogen-bond acceptors (Lipinski definition) is 7. The molecule has 3 heterocycles. The Hall–Kier alpha value is -2.58. The number of halogens is 1. The molecule has 2 saturated heterocycles. The van der Waals surface area contributed by atoms with E-state index in [0.717, 1.165) is 43.9 Å². The average molecular weight is 462 g/mol. The topological polar surface area (TPSA) is 99.6 Å². The fourth-order valence-corrected chi connectivity index (χ4v) is 3.99. The maximum atomic E-state index is 11.1. The van der Waals surface area contributed by atoms with Crippen LogP contribution in [0.2, 0.25) is 5.02 Å². The van der Waals surface area contributed by atoms with Gasteiger partial charge in [-0.15, -0.1) is 0 Å². The van der Waals surface area contributed by atoms with Crippen LogP contribution in [0, 0.1) is 5.92 Å². The minimum atomic E-state index is -0.693. The quantitative estimate of drug-likeness (QED) is 0.541. The first-order valence-corrected chi connectivity index (χ1v) is 11.7. The number of benzene rings is 1. The van der Waals surface area contributed by atoms with Crippen molar-refractivity contribution in [2.75, 3.05) is 41.8 Å². The van der Waals surface area contributed by atoms with Crippen LogP contribution in [0.15, 0.2) is 30.5 Å². The molecular weight excluding hydrogens is 430 g/mol. The highest BCUT2D eigenvalue weighted by atomic mass is 35.5. The van der Waals surface area contributed by atoms with E-state index in [1.807, 2.05) is 38.1 Å². The zero-order valence-electron chi connectivity index (χ0n) is 18.7. The lowest BCUT2D eigenvalue weighted by Gasteiger charge is -2.32. The monoisotopic (exact) mass is 461 g/mol. The summed E-state index contributed by atoms with van der Waals surface area (Å²) < 4.78 is 5.62. The van der Waals surface area contributed by atoms with Gasteiger partial charge in [0.05, 0.1) is 18.2 Å². The van der Waals surface area contributed by atoms with Crippen LogP contribution in [0.1, 0.15) is 39.5 Å². The van der Waals surface area contributed by atoms with Crippen molar-refractivity contribution in [2.45, 2.75) is 45.6 Å². The van der Waals surface area contributed by atoms with Gasteiger partial charge in [0.1, 0.15) is 5.02 Å². The number of aromatic nitrogens is 2. The third kappa shape index (κ3) is 6.46. The van der Waals surface area contributed by atoms with Crippen LogP contribution in [0.25, 0.3) is 0 Å². The molecular formula is C23H32ClN5O3. The van der Waals surface area contributed by atoms with Gasteiger partial charge in [-0.2, -0.15) is 4.98 Å². The maximum absolute atomic E-state index is 11.1. The Balaban J connectivity index is 0.00000141. The van der Waals surface area contributed by atoms with Crippen LogP contribution >= 0.6 is 11.6 Å². The zero-order chi connectivity index (χ0) is 22.9. The Morgan fingerprint density at radius 1 is 1.22 bits per heavy atom. The zero-order valence-corrected chi connectivity index (χ0v) is 19.4. The lowest BCUT2D eigenvalue weighted by atomic mass is 9.97. The molecule has 0 bridgehead atoms. The first kappa shape index (κ1) is 24.1. The lowest BCUT2D eigenvalue weighted by molar-refractivity contribution is -0.142. The second-order valence-electron chi connectivity index (χ2n) is 7.68. The van der Waals surface area contributed by atoms with Gasteiger partial charge in [0.25, 0.3) is 0 Å². The number of nitrogens with zero attached hydrogens (tertiary/aromatic N) is 3. The van der Waals surface area contributed by atoms with Gasteiger partial charge in [-0.1, -0.05) is 25.4 Å². The molecule has 1 aromatic heterocycles. The first-order valence-electron chi connectivity index (χ1n) is 11.3. The van der Waals surface area contributed by atoms with E-state index in [9.17, 15) is 4.79 Å². The Morgan fingerprint density at radius 3 is 2.56 bits per heavy atom. The van der Waals surface area contributed by atoms with Crippen molar-refractivity contribution in [3.63, 3.8) is 0 Å². The summed E-state index contributed by atoms with van der Waals surface area (Å²) in [4.78, 5) is 22.1. The SMILES string of the molecule is CC.O=C(O)C1CCN(c2ccc(Nc3ncc(Cl)c(NCC4CCCO4)n3)cc2)CC1. The predicted octanol–water partition coefficient (Wildman–Crippen LogP) is 4.79. The Kier molecular flexibility index (Phi) is 8.93. The number of hydrogen-bond donors (Lipinski definition) is 3. The third-order valence-corrected chi connectivity index (χ3v) is 5.87. The largest absolute Gasteiger partial charge is 0.481 e. The van der Waals surface area contributed by atoms with E-state index in [2.05, 4.69) is 25.5 Å². The summed E-state index contributed by atoms with van der Waals surface area (Å²) in [5.74, 6) is 0.126. The Labute approximate surface area is 194 Å². The second kappa shape index (κ2) is 11.9. The fourth-order valence-electron chi connectivity index (χ4n) is 3.84. The van der Waals surface area contributed by atoms with Crippen LogP contribution < -0.4 is 15.5 Å². The van der Waals surface area contributed by atoms with E-state index >= 15 is 0 Å². The minimum Gasteiger partial charge on any atom is -0.481 e. The van der Waals surface area contributed by atoms with Crippen molar-refractivity contribution < 1.29 is 14.6 Å². The van der Waals surface area contributed by atoms with Crippen LogP contribution in [0.3, 0.4) is 0 Å². The van der Waals surface area contributed by atoms with E-state index in [1.165, 1.54) is 0 Å². The summed E-state index contributed by atoms with van der Waals surface area (Å²) in [6.45, 7) is 6.99. The highest BCUT2D eigenvalue weighted by Gasteiger charge is 2.24. The van der Waals surface area contributed by atoms with Crippen LogP contribution in [-0.4, -0.2) is 53.4 Å². The molecule has 0 spiro atoms. The molecule has 174 valence electrons. The lowest BCUT2D eigenvalue weighted by Crippen LogP contribution is -2.36. The first-order chi connectivity index (χ1) is 15.6. The summed E-state index contributed by atoms with van der Waals surface area (Å²) in [7, 11) is 0. The molecule has 4 rings (SSSR count). The molecule has 2 aromatic rings. The van der Waals surface area contributed by atoms with Crippen molar-refractivity contribution in [1.29, 1.82) is 0 Å². The Morgan fingerprint density at radius 2 is 1.94 bits per heavy atom. The van der Waals surface area contributed by atoms with Gasteiger partial charge in [-0.3, -0.25) is 4.79 Å². The van der Waals surface area contributed by atoms with Gasteiger partial charge in [-0.25, -0.2) is 4.98 Å². The van der Waals surface area contributed by atoms with Gasteiger partial charge >= 0.3 is 5.97 Å². The number of carboxylic acid groups (broad SMARTS) is 1. The molecule has 9 heteroatoms. The molecule has 2 fully saturated rings. The summed E-state index contributed by atoms with van der Waals surface area (Å²) in [6, 6.07) is 7.98. The van der Waals surface area contributed by atoms with Gasteiger partial charge in [-0.05, 0) is 49.9 Å². The van der Waals surface area contributed by atoms with E-state index in [4.69, 9.17) is 21.4 Å². The van der Waals surface area contributed by atoms with Crippen molar-refractivity contribution in [3.05, 3.63) is 35.5 Å². The van der Waals surface area contributed by atoms with E-state index in [-0.39, 0.29) is 12.0 Å². The highest BCUT2D eigenvalue weighted by Crippen LogP contribution is 2.26. The number of nitrogens with one attached hydrogen (secondary N) is 2. The molecule has 0 amide bonds. The molecule has 1 unspecified atom stereocenters. The Bertz CT molecular complexity index is 866. The van der Waals surface area contributed by atoms with Gasteiger partial charge in [0.2, 0.25) is 5.95 Å². The van der Waals surface area contributed by atoms with E-state index in [0.29, 0.717) is 36.2 Å². The standard InChI is InChI=1S/C21H26ClN5O3.C2H6/c22-18-13-24-21(26-19(18)23-12-17-2-1-11-30-17)25-15-3-5-16(6-4-15)27-9-7-14(8-10-27)20(28)29;1-2/h3-6,13-14,17H,1-2,7-12H2,(H,28,29)(H2,23,24,25,26);1-2H3. The number of ether oxygens (including phenoxy) is 1. The van der Waals surface area contributed by atoms with E-state index < -0.39 is 5.97 Å². The number of piperidine rings is 1. The molecule has 0 radical (unpaired) electrons. The molecule has 2 aliphatic heterocycles. The normalized spacial score (nSPS) is 18.6. The average Bonchev–Trinajstić information content (AvgIpc) is 3.35. The number of aliphatic carboxylic acids is 1. The molecule has 0 aliphatic carbocycles. The number of carbonyl (C=O) groups is 1. The summed E-state index contributed by atoms with van der Waals surface area (Å²) in [5.41, 5.74) is 1.95. The molecule has 1 atom stereocenters. The predicted molar refractivity (Wildman–Crippen MR) is 128 cm³/mol. The highest BCUT2D eigenvalue weighted by molar-refractivity contribution is 6.32. The fraction of sp³-hybridized carbons (Fsp3) is 0.522. The minimum absolute atomic E-state index is 0.195. The smallest absolute Gasteiger partial charge is 0.306 e. The summed E-state index contributed by atoms with van der Waals surface area (Å²) in [5, 5.41) is 16.1. The molecule has 2 aliphatic rings. The maximum Gasteiger partial charge on any atom is 0.306 e. The number of rotatable bonds is 7. The van der Waals surface area contributed by atoms with Gasteiger partial charge < -0.3 is 25.4 Å². The van der Waals surface area contributed by atoms with Crippen LogP contribution in [-0.2, 0) is 9.53 Å². The molecule has 32 heavy (non-hydrogen) atoms. The molecule has 1 aromatic carbocycles. The van der Waals surface area contributed by atoms with E-state index in [1.54, 1.807) is 6.20 Å². The van der Waals surface area contributed by atoms with Crippen molar-refractivity contribution in [2.24, 2.45) is 5.92 Å². The van der Waals surface area contributed by atoms with Crippen molar-refractivity contribution in [3.8, 4) is 0 Å². The van der Waals surface area contributed by atoms with Gasteiger partial charge in [0.15, 0.2) is 5.82 Å². The molecule has 8 nitrogen and oxygen atoms in total. The van der Waals surface area contributed by atoms with Gasteiger partial charge in [0, 0.05) is 37.6 Å². The summed E-state index contributed by atoms with van der Waals surface area (Å²) >= 11 is 6.22. The third-order valence-electron chi connectivity index (χ3n) is 5.60. The van der Waals surface area contributed by atoms with Crippen LogP contribution in [0.5, 0.6) is 0 Å². The van der Waals surface area contributed by atoms with Crippen molar-refractivity contribution in [1.82, 2.24) is 9.97 Å². The number of carboxylic acids is 1. The van der Waals surface area contributed by atoms with Crippen molar-refractivity contribution >= 4 is 40.7 Å². The second-order valence-corrected chi connectivity index (χ2v) is 8.08. The molecule has 0 saturated carbocycles.